The molecular formula is C18H29N3. The van der Waals surface area contributed by atoms with Gasteiger partial charge in [0.15, 0.2) is 0 Å². The minimum Gasteiger partial charge on any atom is -0.310 e. The van der Waals surface area contributed by atoms with Crippen LogP contribution in [0.5, 0.6) is 0 Å². The number of likely N-dealkylation sites (N-methyl/N-ethyl adjacent to an activating group) is 1. The molecule has 1 unspecified atom stereocenters. The Hall–Kier alpha value is -0.900. The number of benzene rings is 1. The number of nitrogens with one attached hydrogen (secondary N) is 1. The predicted molar refractivity (Wildman–Crippen MR) is 88.7 cm³/mol. The smallest absolute Gasteiger partial charge is 0.0320 e. The Morgan fingerprint density at radius 1 is 1.05 bits per heavy atom. The highest BCUT2D eigenvalue weighted by Crippen LogP contribution is 2.23. The van der Waals surface area contributed by atoms with Gasteiger partial charge in [0.2, 0.25) is 0 Å². The molecule has 1 aromatic carbocycles. The maximum absolute atomic E-state index is 3.63. The average Bonchev–Trinajstić information content (AvgIpc) is 2.56. The van der Waals surface area contributed by atoms with Gasteiger partial charge >= 0.3 is 0 Å². The molecular weight excluding hydrogens is 258 g/mol. The van der Waals surface area contributed by atoms with Crippen LogP contribution < -0.4 is 5.32 Å². The maximum Gasteiger partial charge on any atom is 0.0320 e. The van der Waals surface area contributed by atoms with E-state index in [9.17, 15) is 0 Å². The fraction of sp³-hybridized carbons (Fsp3) is 0.667. The molecule has 0 radical (unpaired) electrons. The molecule has 21 heavy (non-hydrogen) atoms. The number of rotatable bonds is 4. The first-order valence-corrected chi connectivity index (χ1v) is 8.54. The zero-order valence-corrected chi connectivity index (χ0v) is 13.4. The summed E-state index contributed by atoms with van der Waals surface area (Å²) < 4.78 is 0. The topological polar surface area (TPSA) is 18.5 Å². The minimum atomic E-state index is 0.588. The molecule has 0 bridgehead atoms. The molecule has 1 atom stereocenters. The number of piperazine rings is 1. The Morgan fingerprint density at radius 2 is 1.81 bits per heavy atom. The van der Waals surface area contributed by atoms with Crippen LogP contribution in [0, 0.1) is 0 Å². The molecule has 3 heteroatoms. The van der Waals surface area contributed by atoms with E-state index in [2.05, 4.69) is 46.4 Å². The summed E-state index contributed by atoms with van der Waals surface area (Å²) in [4.78, 5) is 5.01. The summed E-state index contributed by atoms with van der Waals surface area (Å²) in [5, 5.41) is 3.63. The molecule has 0 amide bonds. The second-order valence-electron chi connectivity index (χ2n) is 6.64. The van der Waals surface area contributed by atoms with Crippen molar-refractivity contribution in [3.63, 3.8) is 0 Å². The zero-order chi connectivity index (χ0) is 14.5. The van der Waals surface area contributed by atoms with E-state index in [4.69, 9.17) is 0 Å². The Bertz CT molecular complexity index is 415. The Balaban J connectivity index is 1.48. The third-order valence-corrected chi connectivity index (χ3v) is 5.01. The number of nitrogens with zero attached hydrogens (tertiary/aromatic N) is 2. The molecule has 116 valence electrons. The van der Waals surface area contributed by atoms with Crippen molar-refractivity contribution < 1.29 is 0 Å². The number of hydrogen-bond donors (Lipinski definition) is 1. The molecule has 0 aliphatic carbocycles. The lowest BCUT2D eigenvalue weighted by molar-refractivity contribution is 0.155. The van der Waals surface area contributed by atoms with Gasteiger partial charge in [-0.15, -0.1) is 0 Å². The van der Waals surface area contributed by atoms with E-state index in [-0.39, 0.29) is 0 Å². The van der Waals surface area contributed by atoms with E-state index in [0.717, 1.165) is 0 Å². The van der Waals surface area contributed by atoms with E-state index in [0.29, 0.717) is 6.04 Å². The second kappa shape index (κ2) is 7.39. The molecule has 0 aromatic heterocycles. The summed E-state index contributed by atoms with van der Waals surface area (Å²) in [6, 6.07) is 9.93. The van der Waals surface area contributed by atoms with Crippen LogP contribution in [0.25, 0.3) is 0 Å². The average molecular weight is 287 g/mol. The van der Waals surface area contributed by atoms with E-state index >= 15 is 0 Å². The molecule has 1 N–H and O–H groups in total. The van der Waals surface area contributed by atoms with Crippen molar-refractivity contribution in [3.8, 4) is 0 Å². The van der Waals surface area contributed by atoms with Gasteiger partial charge in [-0.05, 0) is 44.0 Å². The first-order chi connectivity index (χ1) is 10.3. The van der Waals surface area contributed by atoms with Crippen molar-refractivity contribution in [2.75, 3.05) is 46.3 Å². The van der Waals surface area contributed by atoms with Crippen LogP contribution in [0.2, 0.25) is 0 Å². The van der Waals surface area contributed by atoms with Gasteiger partial charge in [0, 0.05) is 38.8 Å². The van der Waals surface area contributed by atoms with E-state index in [1.807, 2.05) is 0 Å². The van der Waals surface area contributed by atoms with Crippen LogP contribution in [0.15, 0.2) is 24.3 Å². The van der Waals surface area contributed by atoms with Gasteiger partial charge in [0.05, 0.1) is 0 Å². The van der Waals surface area contributed by atoms with Gasteiger partial charge < -0.3 is 15.1 Å². The summed E-state index contributed by atoms with van der Waals surface area (Å²) in [5.41, 5.74) is 2.95. The molecule has 3 nitrogen and oxygen atoms in total. The second-order valence-corrected chi connectivity index (χ2v) is 6.64. The lowest BCUT2D eigenvalue weighted by Crippen LogP contribution is -2.45. The lowest BCUT2D eigenvalue weighted by Gasteiger charge is -2.32. The summed E-state index contributed by atoms with van der Waals surface area (Å²) in [5.74, 6) is 0. The van der Waals surface area contributed by atoms with Crippen LogP contribution >= 0.6 is 0 Å². The fourth-order valence-corrected chi connectivity index (χ4v) is 3.41. The van der Waals surface area contributed by atoms with Crippen molar-refractivity contribution >= 4 is 0 Å². The lowest BCUT2D eigenvalue weighted by atomic mass is 9.96. The van der Waals surface area contributed by atoms with Crippen LogP contribution in [0.3, 0.4) is 0 Å². The van der Waals surface area contributed by atoms with Crippen LogP contribution in [0.1, 0.15) is 36.4 Å². The van der Waals surface area contributed by atoms with Gasteiger partial charge in [-0.2, -0.15) is 0 Å². The van der Waals surface area contributed by atoms with Gasteiger partial charge in [0.1, 0.15) is 0 Å². The monoisotopic (exact) mass is 287 g/mol. The van der Waals surface area contributed by atoms with Gasteiger partial charge in [-0.25, -0.2) is 0 Å². The van der Waals surface area contributed by atoms with E-state index < -0.39 is 0 Å². The number of hydrogen-bond acceptors (Lipinski definition) is 3. The van der Waals surface area contributed by atoms with Crippen molar-refractivity contribution in [1.29, 1.82) is 0 Å². The summed E-state index contributed by atoms with van der Waals surface area (Å²) in [6.07, 6.45) is 5.17. The normalized spacial score (nSPS) is 25.1. The summed E-state index contributed by atoms with van der Waals surface area (Å²) in [7, 11) is 2.22. The zero-order valence-electron chi connectivity index (χ0n) is 13.4. The summed E-state index contributed by atoms with van der Waals surface area (Å²) in [6.45, 7) is 7.25. The maximum atomic E-state index is 3.63. The highest BCUT2D eigenvalue weighted by Gasteiger charge is 2.15. The SMILES string of the molecule is CN1CCN(CCc2ccc(C3CCCCN3)cc2)CC1. The van der Waals surface area contributed by atoms with Gasteiger partial charge in [-0.1, -0.05) is 30.7 Å². The Morgan fingerprint density at radius 3 is 2.48 bits per heavy atom. The molecule has 3 rings (SSSR count). The van der Waals surface area contributed by atoms with Gasteiger partial charge in [0.25, 0.3) is 0 Å². The van der Waals surface area contributed by atoms with Crippen LogP contribution in [-0.2, 0) is 6.42 Å². The fourth-order valence-electron chi connectivity index (χ4n) is 3.41. The molecule has 0 spiro atoms. The molecule has 2 fully saturated rings. The summed E-state index contributed by atoms with van der Waals surface area (Å²) >= 11 is 0. The first-order valence-electron chi connectivity index (χ1n) is 8.54. The van der Waals surface area contributed by atoms with Crippen LogP contribution in [0.4, 0.5) is 0 Å². The highest BCUT2D eigenvalue weighted by atomic mass is 15.2. The minimum absolute atomic E-state index is 0.588. The molecule has 2 aliphatic heterocycles. The molecule has 2 aliphatic rings. The standard InChI is InChI=1S/C18H29N3/c1-20-12-14-21(15-13-20)11-9-16-5-7-17(8-6-16)18-4-2-3-10-19-18/h5-8,18-19H,2-4,9-15H2,1H3. The third kappa shape index (κ3) is 4.29. The predicted octanol–water partition coefficient (Wildman–Crippen LogP) is 2.29. The van der Waals surface area contributed by atoms with Crippen LogP contribution in [-0.4, -0.2) is 56.1 Å². The van der Waals surface area contributed by atoms with Crippen molar-refractivity contribution in [2.45, 2.75) is 31.7 Å². The van der Waals surface area contributed by atoms with Crippen molar-refractivity contribution in [1.82, 2.24) is 15.1 Å². The van der Waals surface area contributed by atoms with Gasteiger partial charge in [-0.3, -0.25) is 0 Å². The third-order valence-electron chi connectivity index (χ3n) is 5.01. The number of piperidine rings is 1. The molecule has 2 heterocycles. The highest BCUT2D eigenvalue weighted by molar-refractivity contribution is 5.25. The molecule has 0 saturated carbocycles. The van der Waals surface area contributed by atoms with E-state index in [1.54, 1.807) is 0 Å². The Kier molecular flexibility index (Phi) is 5.28. The molecule has 1 aromatic rings. The van der Waals surface area contributed by atoms with Crippen molar-refractivity contribution in [3.05, 3.63) is 35.4 Å². The van der Waals surface area contributed by atoms with Crippen molar-refractivity contribution in [2.24, 2.45) is 0 Å². The largest absolute Gasteiger partial charge is 0.310 e. The van der Waals surface area contributed by atoms with E-state index in [1.165, 1.54) is 76.1 Å². The Labute approximate surface area is 129 Å². The quantitative estimate of drug-likeness (QED) is 0.916. The first kappa shape index (κ1) is 15.0. The molecule has 2 saturated heterocycles.